The van der Waals surface area contributed by atoms with Gasteiger partial charge in [0.25, 0.3) is 0 Å². The number of nitrogens with zero attached hydrogens (tertiary/aromatic N) is 1. The van der Waals surface area contributed by atoms with Gasteiger partial charge >= 0.3 is 17.9 Å². The second-order valence-electron chi connectivity index (χ2n) is 16.1. The van der Waals surface area contributed by atoms with Crippen LogP contribution in [0, 0.1) is 71.7 Å². The van der Waals surface area contributed by atoms with Crippen molar-refractivity contribution >= 4 is 44.4 Å². The molecule has 59 heavy (non-hydrogen) atoms. The van der Waals surface area contributed by atoms with Crippen molar-refractivity contribution in [1.29, 1.82) is 0 Å². The van der Waals surface area contributed by atoms with Gasteiger partial charge in [-0.05, 0) is 90.7 Å². The zero-order chi connectivity index (χ0) is 39.9. The van der Waals surface area contributed by atoms with Crippen molar-refractivity contribution in [2.24, 2.45) is 11.8 Å². The van der Waals surface area contributed by atoms with Crippen molar-refractivity contribution < 1.29 is 118 Å². The predicted molar refractivity (Wildman–Crippen MR) is 243 cm³/mol. The second-order valence-corrected chi connectivity index (χ2v) is 21.5. The largest absolute Gasteiger partial charge is 0.462 e. The van der Waals surface area contributed by atoms with Crippen LogP contribution in [0.4, 0.5) is 0 Å². The van der Waals surface area contributed by atoms with E-state index in [2.05, 4.69) is 112 Å². The third-order valence-corrected chi connectivity index (χ3v) is 18.0. The summed E-state index contributed by atoms with van der Waals surface area (Å²) in [5.41, 5.74) is 1.68. The zero-order valence-electron chi connectivity index (χ0n) is 37.1. The van der Waals surface area contributed by atoms with Crippen LogP contribution in [-0.4, -0.2) is 73.7 Å². The van der Waals surface area contributed by atoms with E-state index < -0.39 is 27.8 Å². The maximum absolute atomic E-state index is 11.1. The number of hydrogen-bond acceptors (Lipinski definition) is 6. The Kier molecular flexibility index (Phi) is 44.3. The van der Waals surface area contributed by atoms with Crippen molar-refractivity contribution in [3.05, 3.63) is 60.7 Å². The first kappa shape index (κ1) is 66.5. The molecular formula is C47H81Fe2NNp2O5P2+2. The Balaban J connectivity index is -0.000000348. The molecule has 2 aromatic carbocycles. The molecule has 0 bridgehead atoms. The smallest absolute Gasteiger partial charge is 0.310 e. The van der Waals surface area contributed by atoms with Crippen LogP contribution in [-0.2, 0) is 58.0 Å². The maximum atomic E-state index is 11.1. The van der Waals surface area contributed by atoms with Crippen LogP contribution in [0.1, 0.15) is 145 Å². The molecule has 0 N–H and O–H groups in total. The molecule has 2 aromatic rings. The van der Waals surface area contributed by atoms with Crippen LogP contribution in [0.3, 0.4) is 0 Å². The Morgan fingerprint density at radius 1 is 0.559 bits per heavy atom. The molecule has 0 heterocycles. The third-order valence-electron chi connectivity index (χ3n) is 11.9. The number of hydrogen-bond donors (Lipinski definition) is 0. The molecule has 4 aliphatic carbocycles. The fraction of sp³-hybridized carbons (Fsp3) is 0.681. The van der Waals surface area contributed by atoms with Gasteiger partial charge in [-0.3, -0.25) is 14.4 Å². The third kappa shape index (κ3) is 27.8. The average Bonchev–Trinajstić information content (AvgIpc) is 4.00. The molecule has 338 valence electrons. The standard InChI is InChI=1S/C16H26NP.C16H23O2P.2C5H10.C4H6O3.CH4.2Fe.2Np/c1-13(17(2)3)15-11-8-12-16(15)18(4)14-9-6-5-7-10-14;1-12(18-13(2)17)15-10-7-11-16(15)19(3)14-8-5-4-6-9-14;2*1-2-4-5-3-1;1-3(5)7-4(2)6;;;;;/h5-7,9-10,13,15-16H,8,11-12H2,1-4H3;4-6,8-9,12,15-16H,7,10-11H2,1-3H3;2*1-5H2;1-2H3;1H4;;;;/p+2/t13-,15?,16?,18?;12-,15?,16?,19?;;;;;;;;/m11......../s1. The maximum Gasteiger partial charge on any atom is 0.310 e. The van der Waals surface area contributed by atoms with Gasteiger partial charge in [-0.2, -0.15) is 0 Å². The summed E-state index contributed by atoms with van der Waals surface area (Å²) in [6.07, 6.45) is 23.1. The molecule has 12 heteroatoms. The fourth-order valence-corrected chi connectivity index (χ4v) is 14.5. The number of esters is 3. The molecule has 0 saturated heterocycles. The molecule has 6 unspecified atom stereocenters. The van der Waals surface area contributed by atoms with E-state index in [0.29, 0.717) is 5.92 Å². The van der Waals surface area contributed by atoms with Gasteiger partial charge in [0.05, 0.1) is 35.3 Å². The summed E-state index contributed by atoms with van der Waals surface area (Å²) in [5.74, 6) is 0.171. The number of benzene rings is 2. The molecule has 6 rings (SSSR count). The Morgan fingerprint density at radius 2 is 0.881 bits per heavy atom. The van der Waals surface area contributed by atoms with E-state index in [1.54, 1.807) is 5.30 Å². The minimum atomic E-state index is -0.564. The van der Waals surface area contributed by atoms with Crippen molar-refractivity contribution in [3.63, 3.8) is 0 Å². The molecule has 0 aliphatic heterocycles. The van der Waals surface area contributed by atoms with E-state index in [9.17, 15) is 14.4 Å². The number of rotatable bonds is 8. The first-order chi connectivity index (χ1) is 25.8. The predicted octanol–water partition coefficient (Wildman–Crippen LogP) is 11.2. The van der Waals surface area contributed by atoms with E-state index in [0.717, 1.165) is 23.3 Å². The number of ether oxygens (including phenoxy) is 2. The van der Waals surface area contributed by atoms with E-state index in [1.807, 2.05) is 0 Å². The molecular weight excluding hydrogens is 1310 g/mol. The molecule has 0 spiro atoms. The van der Waals surface area contributed by atoms with Crippen molar-refractivity contribution in [2.45, 2.75) is 168 Å². The summed E-state index contributed by atoms with van der Waals surface area (Å²) in [7, 11) is 3.49. The normalized spacial score (nSPS) is 21.7. The van der Waals surface area contributed by atoms with E-state index in [-0.39, 0.29) is 114 Å². The van der Waals surface area contributed by atoms with Crippen LogP contribution in [0.2, 0.25) is 0 Å². The Hall–Kier alpha value is 0.935. The van der Waals surface area contributed by atoms with E-state index in [1.165, 1.54) is 129 Å². The van der Waals surface area contributed by atoms with Crippen LogP contribution < -0.4 is 10.6 Å². The summed E-state index contributed by atoms with van der Waals surface area (Å²) in [4.78, 5) is 33.2. The van der Waals surface area contributed by atoms with Crippen molar-refractivity contribution in [1.82, 2.24) is 4.90 Å². The van der Waals surface area contributed by atoms with Gasteiger partial charge in [0, 0.05) is 149 Å². The van der Waals surface area contributed by atoms with Gasteiger partial charge in [-0.1, -0.05) is 108 Å². The van der Waals surface area contributed by atoms with E-state index in [4.69, 9.17) is 4.74 Å². The molecule has 4 saturated carbocycles. The van der Waals surface area contributed by atoms with Crippen molar-refractivity contribution in [3.8, 4) is 0 Å². The Morgan fingerprint density at radius 3 is 1.17 bits per heavy atom. The quantitative estimate of drug-likeness (QED) is 0.114. The first-order valence-electron chi connectivity index (χ1n) is 21.1. The topological polar surface area (TPSA) is 72.9 Å². The first-order valence-corrected chi connectivity index (χ1v) is 25.3. The van der Waals surface area contributed by atoms with E-state index >= 15 is 0 Å². The molecule has 0 aromatic heterocycles. The van der Waals surface area contributed by atoms with Gasteiger partial charge in [0.15, 0.2) is 0 Å². The summed E-state index contributed by atoms with van der Waals surface area (Å²) < 4.78 is 9.40. The Bertz CT molecular complexity index is 1290. The zero-order valence-corrected chi connectivity index (χ0v) is 48.8. The number of carbonyl (C=O) groups excluding carboxylic acids is 3. The van der Waals surface area contributed by atoms with Gasteiger partial charge in [-0.15, -0.1) is 0 Å². The molecule has 2 radical (unpaired) electrons. The fourth-order valence-electron chi connectivity index (χ4n) is 8.72. The van der Waals surface area contributed by atoms with Gasteiger partial charge < -0.3 is 14.4 Å². The molecule has 6 nitrogen and oxygen atoms in total. The van der Waals surface area contributed by atoms with Crippen LogP contribution in [0.15, 0.2) is 60.7 Å². The summed E-state index contributed by atoms with van der Waals surface area (Å²) in [6, 6.07) is 22.8. The van der Waals surface area contributed by atoms with Crippen LogP contribution in [0.5, 0.6) is 0 Å². The van der Waals surface area contributed by atoms with Crippen molar-refractivity contribution in [2.75, 3.05) is 27.4 Å². The molecule has 4 fully saturated rings. The molecule has 8 atom stereocenters. The van der Waals surface area contributed by atoms with Gasteiger partial charge in [0.1, 0.15) is 6.10 Å². The second kappa shape index (κ2) is 39.3. The monoisotopic (exact) mass is 1390 g/mol. The number of carbonyl (C=O) groups is 3. The molecule has 4 aliphatic rings. The Labute approximate surface area is 430 Å². The molecule has 0 amide bonds. The van der Waals surface area contributed by atoms with Crippen LogP contribution >= 0.6 is 15.8 Å². The van der Waals surface area contributed by atoms with Gasteiger partial charge in [-0.25, -0.2) is 0 Å². The summed E-state index contributed by atoms with van der Waals surface area (Å²) in [6.45, 7) is 13.3. The average molecular weight is 1390 g/mol. The summed E-state index contributed by atoms with van der Waals surface area (Å²) >= 11 is 0. The SMILES string of the molecule is C.C1CCCC1.C1CCCC1.CC(=O)OC(C)=O.CC(=O)O[C@H](C)C1CCCC1[PH+](C)c1ccccc1.C[C@H](C1CCCC1[PH+](C)c1ccccc1)N(C)C.[Fe].[Fe].[Np].[Np]. The minimum Gasteiger partial charge on any atom is -0.462 e. The van der Waals surface area contributed by atoms with Gasteiger partial charge in [0.2, 0.25) is 0 Å². The minimum absolute atomic E-state index is 0. The summed E-state index contributed by atoms with van der Waals surface area (Å²) in [5, 5.41) is 3.12. The van der Waals surface area contributed by atoms with Crippen LogP contribution in [0.25, 0.3) is 0 Å².